The third-order valence-corrected chi connectivity index (χ3v) is 5.32. The zero-order valence-electron chi connectivity index (χ0n) is 14.9. The quantitative estimate of drug-likeness (QED) is 0.436. The smallest absolute Gasteiger partial charge is 0.253 e. The number of H-pyrrole nitrogens is 1. The van der Waals surface area contributed by atoms with Crippen molar-refractivity contribution in [2.45, 2.75) is 13.8 Å². The van der Waals surface area contributed by atoms with E-state index in [2.05, 4.69) is 51.6 Å². The fraction of sp³-hybridized carbons (Fsp3) is 0.300. The molecule has 2 aromatic carbocycles. The van der Waals surface area contributed by atoms with E-state index in [4.69, 9.17) is 0 Å². The number of likely N-dealkylation sites (N-methyl/N-ethyl adjacent to an activating group) is 1. The molecule has 1 heterocycles. The Balaban J connectivity index is 1.97. The summed E-state index contributed by atoms with van der Waals surface area (Å²) in [6.07, 6.45) is 0. The van der Waals surface area contributed by atoms with Crippen LogP contribution in [0, 0.1) is 3.57 Å². The van der Waals surface area contributed by atoms with Crippen molar-refractivity contribution in [1.29, 1.82) is 0 Å². The Hall–Kier alpha value is -1.93. The number of nitrogens with one attached hydrogen (secondary N) is 2. The van der Waals surface area contributed by atoms with Gasteiger partial charge in [-0.05, 0) is 66.0 Å². The van der Waals surface area contributed by atoms with Crippen LogP contribution in [0.2, 0.25) is 0 Å². The van der Waals surface area contributed by atoms with Gasteiger partial charge in [0.2, 0.25) is 0 Å². The summed E-state index contributed by atoms with van der Waals surface area (Å²) in [6, 6.07) is 10.9. The second-order valence-corrected chi connectivity index (χ2v) is 7.40. The first-order valence-corrected chi connectivity index (χ1v) is 9.87. The van der Waals surface area contributed by atoms with Gasteiger partial charge in [-0.3, -0.25) is 9.59 Å². The van der Waals surface area contributed by atoms with Gasteiger partial charge in [-0.15, -0.1) is 0 Å². The fourth-order valence-electron chi connectivity index (χ4n) is 3.13. The molecule has 26 heavy (non-hydrogen) atoms. The second-order valence-electron chi connectivity index (χ2n) is 6.15. The molecule has 2 N–H and O–H groups in total. The van der Waals surface area contributed by atoms with Gasteiger partial charge in [-0.2, -0.15) is 0 Å². The Kier molecular flexibility index (Phi) is 5.93. The van der Waals surface area contributed by atoms with E-state index in [0.29, 0.717) is 28.4 Å². The average molecular weight is 463 g/mol. The highest BCUT2D eigenvalue weighted by atomic mass is 127. The van der Waals surface area contributed by atoms with E-state index in [0.717, 1.165) is 28.7 Å². The molecule has 0 saturated heterocycles. The molecule has 0 aliphatic carbocycles. The molecule has 1 aromatic heterocycles. The Morgan fingerprint density at radius 3 is 2.65 bits per heavy atom. The molecular weight excluding hydrogens is 441 g/mol. The standard InChI is InChI=1S/C20H22IN3O2/c1-3-24(4-2)11-10-22-20(26)16-7-5-6-15-18(16)23-17-12-13(21)8-9-14(17)19(15)25/h5-9,12H,3-4,10-11H2,1-2H3,(H,22,26)(H,23,25). The fourth-order valence-corrected chi connectivity index (χ4v) is 3.62. The predicted octanol–water partition coefficient (Wildman–Crippen LogP) is 3.36. The van der Waals surface area contributed by atoms with Crippen LogP contribution in [0.5, 0.6) is 0 Å². The monoisotopic (exact) mass is 463 g/mol. The van der Waals surface area contributed by atoms with Crippen molar-refractivity contribution in [1.82, 2.24) is 15.2 Å². The second kappa shape index (κ2) is 8.18. The van der Waals surface area contributed by atoms with E-state index in [1.54, 1.807) is 18.2 Å². The molecule has 0 unspecified atom stereocenters. The van der Waals surface area contributed by atoms with Gasteiger partial charge in [0.1, 0.15) is 0 Å². The van der Waals surface area contributed by atoms with Gasteiger partial charge in [0, 0.05) is 27.4 Å². The van der Waals surface area contributed by atoms with Gasteiger partial charge in [-0.25, -0.2) is 0 Å². The highest BCUT2D eigenvalue weighted by Gasteiger charge is 2.14. The predicted molar refractivity (Wildman–Crippen MR) is 115 cm³/mol. The third-order valence-electron chi connectivity index (χ3n) is 4.65. The molecule has 0 fully saturated rings. The van der Waals surface area contributed by atoms with Crippen LogP contribution in [-0.4, -0.2) is 42.0 Å². The molecule has 0 saturated carbocycles. The summed E-state index contributed by atoms with van der Waals surface area (Å²) in [6.45, 7) is 7.51. The van der Waals surface area contributed by atoms with Crippen LogP contribution in [0.3, 0.4) is 0 Å². The van der Waals surface area contributed by atoms with E-state index >= 15 is 0 Å². The highest BCUT2D eigenvalue weighted by Crippen LogP contribution is 2.20. The molecule has 3 rings (SSSR count). The van der Waals surface area contributed by atoms with Crippen molar-refractivity contribution in [2.24, 2.45) is 0 Å². The maximum absolute atomic E-state index is 12.8. The summed E-state index contributed by atoms with van der Waals surface area (Å²) in [5, 5.41) is 4.14. The highest BCUT2D eigenvalue weighted by molar-refractivity contribution is 14.1. The zero-order valence-corrected chi connectivity index (χ0v) is 17.1. The number of rotatable bonds is 6. The lowest BCUT2D eigenvalue weighted by molar-refractivity contribution is 0.0950. The van der Waals surface area contributed by atoms with Crippen molar-refractivity contribution in [3.63, 3.8) is 0 Å². The molecule has 1 amide bonds. The molecular formula is C20H22IN3O2. The van der Waals surface area contributed by atoms with Gasteiger partial charge < -0.3 is 15.2 Å². The van der Waals surface area contributed by atoms with E-state index in [-0.39, 0.29) is 11.3 Å². The molecule has 3 aromatic rings. The molecule has 0 radical (unpaired) electrons. The van der Waals surface area contributed by atoms with Crippen LogP contribution >= 0.6 is 22.6 Å². The van der Waals surface area contributed by atoms with Gasteiger partial charge >= 0.3 is 0 Å². The summed E-state index contributed by atoms with van der Waals surface area (Å²) < 4.78 is 1.03. The summed E-state index contributed by atoms with van der Waals surface area (Å²) in [5.41, 5.74) is 1.79. The molecule has 5 nitrogen and oxygen atoms in total. The summed E-state index contributed by atoms with van der Waals surface area (Å²) >= 11 is 2.21. The van der Waals surface area contributed by atoms with Crippen molar-refractivity contribution in [2.75, 3.05) is 26.2 Å². The Morgan fingerprint density at radius 1 is 1.15 bits per heavy atom. The Bertz CT molecular complexity index is 1010. The van der Waals surface area contributed by atoms with Gasteiger partial charge in [0.05, 0.1) is 16.6 Å². The minimum Gasteiger partial charge on any atom is -0.354 e. The molecule has 0 aliphatic heterocycles. The minimum atomic E-state index is -0.164. The molecule has 6 heteroatoms. The summed E-state index contributed by atoms with van der Waals surface area (Å²) in [7, 11) is 0. The number of hydrogen-bond acceptors (Lipinski definition) is 3. The van der Waals surface area contributed by atoms with E-state index in [9.17, 15) is 9.59 Å². The number of carbonyl (C=O) groups is 1. The molecule has 0 spiro atoms. The van der Waals surface area contributed by atoms with Crippen LogP contribution in [-0.2, 0) is 0 Å². The van der Waals surface area contributed by atoms with Gasteiger partial charge in [0.25, 0.3) is 5.91 Å². The number of pyridine rings is 1. The number of benzene rings is 2. The number of halogens is 1. The number of nitrogens with zero attached hydrogens (tertiary/aromatic N) is 1. The number of aromatic nitrogens is 1. The number of aromatic amines is 1. The molecule has 0 atom stereocenters. The number of fused-ring (bicyclic) bond motifs is 2. The largest absolute Gasteiger partial charge is 0.354 e. The van der Waals surface area contributed by atoms with Crippen LogP contribution < -0.4 is 10.7 Å². The number of hydrogen-bond donors (Lipinski definition) is 2. The molecule has 0 aliphatic rings. The lowest BCUT2D eigenvalue weighted by Gasteiger charge is -2.18. The minimum absolute atomic E-state index is 0.0528. The van der Waals surface area contributed by atoms with Crippen LogP contribution in [0.15, 0.2) is 41.2 Å². The van der Waals surface area contributed by atoms with Crippen LogP contribution in [0.25, 0.3) is 21.8 Å². The van der Waals surface area contributed by atoms with Crippen LogP contribution in [0.4, 0.5) is 0 Å². The van der Waals surface area contributed by atoms with E-state index < -0.39 is 0 Å². The molecule has 0 bridgehead atoms. The number of amides is 1. The van der Waals surface area contributed by atoms with E-state index in [1.165, 1.54) is 0 Å². The SMILES string of the molecule is CCN(CC)CCNC(=O)c1cccc2c(=O)c3ccc(I)cc3[nH]c12. The Morgan fingerprint density at radius 2 is 1.92 bits per heavy atom. The van der Waals surface area contributed by atoms with Crippen molar-refractivity contribution >= 4 is 50.3 Å². The number of carbonyl (C=O) groups excluding carboxylic acids is 1. The first kappa shape index (κ1) is 18.8. The van der Waals surface area contributed by atoms with Crippen molar-refractivity contribution in [3.8, 4) is 0 Å². The average Bonchev–Trinajstić information content (AvgIpc) is 2.64. The van der Waals surface area contributed by atoms with Gasteiger partial charge in [0.15, 0.2) is 5.43 Å². The van der Waals surface area contributed by atoms with Crippen LogP contribution in [0.1, 0.15) is 24.2 Å². The lowest BCUT2D eigenvalue weighted by atomic mass is 10.1. The first-order chi connectivity index (χ1) is 12.5. The molecule has 136 valence electrons. The lowest BCUT2D eigenvalue weighted by Crippen LogP contribution is -2.35. The Labute approximate surface area is 165 Å². The topological polar surface area (TPSA) is 65.2 Å². The maximum Gasteiger partial charge on any atom is 0.253 e. The number of para-hydroxylation sites is 1. The normalized spacial score (nSPS) is 11.4. The van der Waals surface area contributed by atoms with E-state index in [1.807, 2.05) is 18.2 Å². The third kappa shape index (κ3) is 3.76. The first-order valence-electron chi connectivity index (χ1n) is 8.80. The van der Waals surface area contributed by atoms with Crippen molar-refractivity contribution < 1.29 is 4.79 Å². The maximum atomic E-state index is 12.8. The van der Waals surface area contributed by atoms with Gasteiger partial charge in [-0.1, -0.05) is 19.9 Å². The zero-order chi connectivity index (χ0) is 18.7. The summed E-state index contributed by atoms with van der Waals surface area (Å²) in [5.74, 6) is -0.164. The summed E-state index contributed by atoms with van der Waals surface area (Å²) in [4.78, 5) is 31.0. The van der Waals surface area contributed by atoms with Crippen molar-refractivity contribution in [3.05, 3.63) is 55.8 Å².